The van der Waals surface area contributed by atoms with Crippen molar-refractivity contribution in [2.75, 3.05) is 13.1 Å². The Kier molecular flexibility index (Phi) is 9.58. The van der Waals surface area contributed by atoms with Crippen LogP contribution in [0.15, 0.2) is 18.7 Å². The maximum atomic E-state index is 12.1. The van der Waals surface area contributed by atoms with Gasteiger partial charge in [0.15, 0.2) is 0 Å². The van der Waals surface area contributed by atoms with Gasteiger partial charge in [-0.15, -0.1) is 0 Å². The molecule has 0 atom stereocenters. The summed E-state index contributed by atoms with van der Waals surface area (Å²) in [5.41, 5.74) is 0. The fraction of sp³-hybridized carbons (Fsp3) is 0.765. The molecule has 1 rings (SSSR count). The Balaban J connectivity index is 2.00. The van der Waals surface area contributed by atoms with Gasteiger partial charge in [-0.2, -0.15) is 0 Å². The lowest BCUT2D eigenvalue weighted by Gasteiger charge is -2.21. The Labute approximate surface area is 129 Å². The first-order chi connectivity index (χ1) is 10.3. The van der Waals surface area contributed by atoms with E-state index in [0.717, 1.165) is 45.3 Å². The summed E-state index contributed by atoms with van der Waals surface area (Å²) in [7, 11) is 0. The molecule has 4 heteroatoms. The summed E-state index contributed by atoms with van der Waals surface area (Å²) in [6.45, 7) is 7.15. The minimum atomic E-state index is 0.345. The van der Waals surface area contributed by atoms with Gasteiger partial charge in [0.2, 0.25) is 5.91 Å². The van der Waals surface area contributed by atoms with Gasteiger partial charge in [-0.3, -0.25) is 4.79 Å². The topological polar surface area (TPSA) is 38.1 Å². The second-order valence-corrected chi connectivity index (χ2v) is 5.70. The predicted molar refractivity (Wildman–Crippen MR) is 87.1 cm³/mol. The summed E-state index contributed by atoms with van der Waals surface area (Å²) in [5.74, 6) is 0.345. The number of aromatic nitrogens is 2. The molecular formula is C17H31N3O. The van der Waals surface area contributed by atoms with E-state index in [0.29, 0.717) is 5.91 Å². The highest BCUT2D eigenvalue weighted by atomic mass is 16.2. The van der Waals surface area contributed by atoms with E-state index in [1.54, 1.807) is 0 Å². The van der Waals surface area contributed by atoms with E-state index in [4.69, 9.17) is 0 Å². The van der Waals surface area contributed by atoms with Crippen LogP contribution in [0, 0.1) is 0 Å². The van der Waals surface area contributed by atoms with Crippen LogP contribution in [0.1, 0.15) is 65.2 Å². The number of carbonyl (C=O) groups excluding carboxylic acids is 1. The summed E-state index contributed by atoms with van der Waals surface area (Å²) >= 11 is 0. The van der Waals surface area contributed by atoms with E-state index in [-0.39, 0.29) is 0 Å². The minimum Gasteiger partial charge on any atom is -0.343 e. The first kappa shape index (κ1) is 17.7. The molecule has 1 aromatic rings. The molecule has 0 bridgehead atoms. The molecule has 1 heterocycles. The van der Waals surface area contributed by atoms with Crippen LogP contribution in [-0.2, 0) is 11.3 Å². The number of nitrogens with zero attached hydrogens (tertiary/aromatic N) is 3. The third-order valence-electron chi connectivity index (χ3n) is 3.71. The number of hydrogen-bond acceptors (Lipinski definition) is 2. The van der Waals surface area contributed by atoms with Crippen molar-refractivity contribution in [3.8, 4) is 0 Å². The largest absolute Gasteiger partial charge is 0.343 e. The monoisotopic (exact) mass is 293 g/mol. The van der Waals surface area contributed by atoms with E-state index in [2.05, 4.69) is 23.4 Å². The number of carbonyl (C=O) groups is 1. The van der Waals surface area contributed by atoms with Gasteiger partial charge in [-0.25, -0.2) is 4.98 Å². The lowest BCUT2D eigenvalue weighted by molar-refractivity contribution is -0.131. The molecule has 0 unspecified atom stereocenters. The molecule has 120 valence electrons. The van der Waals surface area contributed by atoms with E-state index >= 15 is 0 Å². The number of imidazole rings is 1. The molecule has 0 saturated carbocycles. The van der Waals surface area contributed by atoms with Crippen molar-refractivity contribution in [1.29, 1.82) is 0 Å². The maximum Gasteiger partial charge on any atom is 0.222 e. The van der Waals surface area contributed by atoms with Gasteiger partial charge >= 0.3 is 0 Å². The standard InChI is InChI=1S/C17H31N3O/c1-3-12-20(13-4-2)17(21)10-8-6-5-7-9-14-19-15-11-18-16-19/h11,15-16H,3-10,12-14H2,1-2H3. The fourth-order valence-corrected chi connectivity index (χ4v) is 2.58. The summed E-state index contributed by atoms with van der Waals surface area (Å²) in [4.78, 5) is 18.1. The van der Waals surface area contributed by atoms with Crippen LogP contribution in [0.3, 0.4) is 0 Å². The smallest absolute Gasteiger partial charge is 0.222 e. The molecule has 0 fully saturated rings. The lowest BCUT2D eigenvalue weighted by Crippen LogP contribution is -2.32. The van der Waals surface area contributed by atoms with Gasteiger partial charge in [0, 0.05) is 38.4 Å². The Bertz CT molecular complexity index is 356. The quantitative estimate of drug-likeness (QED) is 0.549. The van der Waals surface area contributed by atoms with Gasteiger partial charge in [-0.05, 0) is 25.7 Å². The van der Waals surface area contributed by atoms with Crippen molar-refractivity contribution in [2.24, 2.45) is 0 Å². The van der Waals surface area contributed by atoms with Crippen LogP contribution < -0.4 is 0 Å². The normalized spacial score (nSPS) is 10.8. The van der Waals surface area contributed by atoms with Gasteiger partial charge < -0.3 is 9.47 Å². The average molecular weight is 293 g/mol. The molecule has 1 aromatic heterocycles. The van der Waals surface area contributed by atoms with Crippen LogP contribution in [0.5, 0.6) is 0 Å². The number of hydrogen-bond donors (Lipinski definition) is 0. The van der Waals surface area contributed by atoms with Crippen LogP contribution in [0.2, 0.25) is 0 Å². The maximum absolute atomic E-state index is 12.1. The molecule has 0 aliphatic heterocycles. The molecule has 21 heavy (non-hydrogen) atoms. The van der Waals surface area contributed by atoms with Crippen LogP contribution in [-0.4, -0.2) is 33.4 Å². The minimum absolute atomic E-state index is 0.345. The number of unbranched alkanes of at least 4 members (excludes halogenated alkanes) is 4. The lowest BCUT2D eigenvalue weighted by atomic mass is 10.1. The van der Waals surface area contributed by atoms with Crippen molar-refractivity contribution in [3.05, 3.63) is 18.7 Å². The highest BCUT2D eigenvalue weighted by Crippen LogP contribution is 2.09. The highest BCUT2D eigenvalue weighted by Gasteiger charge is 2.10. The van der Waals surface area contributed by atoms with Crippen LogP contribution >= 0.6 is 0 Å². The van der Waals surface area contributed by atoms with E-state index < -0.39 is 0 Å². The summed E-state index contributed by atoms with van der Waals surface area (Å²) in [6, 6.07) is 0. The zero-order valence-electron chi connectivity index (χ0n) is 13.8. The average Bonchev–Trinajstić information content (AvgIpc) is 2.99. The number of rotatable bonds is 12. The van der Waals surface area contributed by atoms with Crippen molar-refractivity contribution in [2.45, 2.75) is 71.8 Å². The second-order valence-electron chi connectivity index (χ2n) is 5.70. The molecule has 0 radical (unpaired) electrons. The first-order valence-corrected chi connectivity index (χ1v) is 8.51. The van der Waals surface area contributed by atoms with Crippen molar-refractivity contribution >= 4 is 5.91 Å². The Morgan fingerprint density at radius 1 is 1.05 bits per heavy atom. The van der Waals surface area contributed by atoms with Crippen molar-refractivity contribution in [1.82, 2.24) is 14.5 Å². The van der Waals surface area contributed by atoms with Crippen molar-refractivity contribution < 1.29 is 4.79 Å². The number of aryl methyl sites for hydroxylation is 1. The van der Waals surface area contributed by atoms with Gasteiger partial charge in [0.05, 0.1) is 6.33 Å². The Morgan fingerprint density at radius 3 is 2.33 bits per heavy atom. The van der Waals surface area contributed by atoms with E-state index in [9.17, 15) is 4.79 Å². The molecule has 0 aliphatic rings. The predicted octanol–water partition coefficient (Wildman–Crippen LogP) is 3.87. The Hall–Kier alpha value is -1.32. The molecule has 1 amide bonds. The highest BCUT2D eigenvalue weighted by molar-refractivity contribution is 5.76. The molecule has 0 N–H and O–H groups in total. The molecular weight excluding hydrogens is 262 g/mol. The third-order valence-corrected chi connectivity index (χ3v) is 3.71. The van der Waals surface area contributed by atoms with E-state index in [1.807, 2.05) is 23.6 Å². The number of amides is 1. The third kappa shape index (κ3) is 7.88. The Morgan fingerprint density at radius 2 is 1.71 bits per heavy atom. The van der Waals surface area contributed by atoms with Gasteiger partial charge in [0.25, 0.3) is 0 Å². The molecule has 0 saturated heterocycles. The first-order valence-electron chi connectivity index (χ1n) is 8.51. The fourth-order valence-electron chi connectivity index (χ4n) is 2.58. The zero-order chi connectivity index (χ0) is 15.3. The van der Waals surface area contributed by atoms with Crippen LogP contribution in [0.25, 0.3) is 0 Å². The molecule has 0 aliphatic carbocycles. The molecule has 4 nitrogen and oxygen atoms in total. The molecule has 0 aromatic carbocycles. The van der Waals surface area contributed by atoms with Crippen molar-refractivity contribution in [3.63, 3.8) is 0 Å². The van der Waals surface area contributed by atoms with E-state index in [1.165, 1.54) is 25.7 Å². The second kappa shape index (κ2) is 11.4. The summed E-state index contributed by atoms with van der Waals surface area (Å²) in [5, 5.41) is 0. The zero-order valence-corrected chi connectivity index (χ0v) is 13.8. The summed E-state index contributed by atoms with van der Waals surface area (Å²) < 4.78 is 2.12. The van der Waals surface area contributed by atoms with Gasteiger partial charge in [-0.1, -0.05) is 33.1 Å². The SMILES string of the molecule is CCCN(CCC)C(=O)CCCCCCCn1ccnc1. The summed E-state index contributed by atoms with van der Waals surface area (Å²) in [6.07, 6.45) is 14.4. The van der Waals surface area contributed by atoms with Crippen LogP contribution in [0.4, 0.5) is 0 Å². The van der Waals surface area contributed by atoms with Gasteiger partial charge in [0.1, 0.15) is 0 Å². The molecule has 0 spiro atoms.